The number of esters is 1. The molecule has 1 fully saturated rings. The molecule has 3 aromatic rings. The molecule has 2 amide bonds. The van der Waals surface area contributed by atoms with Gasteiger partial charge in [0.2, 0.25) is 11.8 Å². The molecule has 0 radical (unpaired) electrons. The molecule has 0 aromatic heterocycles. The summed E-state index contributed by atoms with van der Waals surface area (Å²) in [5, 5.41) is 2.51. The van der Waals surface area contributed by atoms with Crippen LogP contribution in [-0.4, -0.2) is 60.5 Å². The summed E-state index contributed by atoms with van der Waals surface area (Å²) >= 11 is 1.19. The second-order valence-electron chi connectivity index (χ2n) is 8.96. The minimum absolute atomic E-state index is 0.0849. The van der Waals surface area contributed by atoms with Crippen LogP contribution in [-0.2, 0) is 20.7 Å². The number of hydrogen-bond donors (Lipinski definition) is 1. The summed E-state index contributed by atoms with van der Waals surface area (Å²) in [4.78, 5) is 44.3. The zero-order valence-electron chi connectivity index (χ0n) is 22.9. The van der Waals surface area contributed by atoms with Crippen molar-refractivity contribution in [3.05, 3.63) is 83.7 Å². The third-order valence-electron chi connectivity index (χ3n) is 6.19. The van der Waals surface area contributed by atoms with Crippen LogP contribution in [0, 0.1) is 5.82 Å². The highest BCUT2D eigenvalue weighted by atomic mass is 32.2. The van der Waals surface area contributed by atoms with Crippen molar-refractivity contribution < 1.29 is 33.0 Å². The Morgan fingerprint density at radius 1 is 1.00 bits per heavy atom. The number of carbonyl (C=O) groups is 3. The van der Waals surface area contributed by atoms with E-state index < -0.39 is 11.2 Å². The van der Waals surface area contributed by atoms with Crippen LogP contribution < -0.4 is 14.8 Å². The first-order valence-corrected chi connectivity index (χ1v) is 13.8. The van der Waals surface area contributed by atoms with E-state index >= 15 is 0 Å². The third kappa shape index (κ3) is 7.63. The summed E-state index contributed by atoms with van der Waals surface area (Å²) in [6.45, 7) is 2.30. The molecular formula is C30H30FN3O6S. The van der Waals surface area contributed by atoms with Crippen molar-refractivity contribution in [3.8, 4) is 11.5 Å². The molecule has 3 aromatic carbocycles. The van der Waals surface area contributed by atoms with Gasteiger partial charge >= 0.3 is 5.97 Å². The average molecular weight is 580 g/mol. The predicted molar refractivity (Wildman–Crippen MR) is 155 cm³/mol. The highest BCUT2D eigenvalue weighted by Crippen LogP contribution is 2.33. The number of anilines is 1. The number of methoxy groups -OCH3 is 2. The average Bonchev–Trinajstić information content (AvgIpc) is 3.26. The van der Waals surface area contributed by atoms with Gasteiger partial charge in [-0.2, -0.15) is 0 Å². The van der Waals surface area contributed by atoms with Crippen LogP contribution in [0.2, 0.25) is 0 Å². The Bertz CT molecular complexity index is 1430. The lowest BCUT2D eigenvalue weighted by Crippen LogP contribution is -2.35. The van der Waals surface area contributed by atoms with Gasteiger partial charge in [0.05, 0.1) is 32.1 Å². The number of thioether (sulfide) groups is 1. The number of amidine groups is 1. The van der Waals surface area contributed by atoms with Crippen molar-refractivity contribution in [2.24, 2.45) is 4.99 Å². The van der Waals surface area contributed by atoms with Crippen molar-refractivity contribution in [2.75, 3.05) is 32.7 Å². The zero-order chi connectivity index (χ0) is 29.4. The molecule has 0 aliphatic carbocycles. The molecule has 41 heavy (non-hydrogen) atoms. The van der Waals surface area contributed by atoms with Crippen molar-refractivity contribution in [2.45, 2.75) is 25.0 Å². The van der Waals surface area contributed by atoms with Crippen LogP contribution in [0.5, 0.6) is 11.5 Å². The number of carbonyl (C=O) groups excluding carboxylic acids is 3. The van der Waals surface area contributed by atoms with Crippen LogP contribution in [0.15, 0.2) is 71.7 Å². The van der Waals surface area contributed by atoms with E-state index in [0.29, 0.717) is 46.6 Å². The maximum Gasteiger partial charge on any atom is 0.338 e. The summed E-state index contributed by atoms with van der Waals surface area (Å²) in [6, 6.07) is 17.5. The number of hydrogen-bond acceptors (Lipinski definition) is 8. The Morgan fingerprint density at radius 3 is 2.37 bits per heavy atom. The number of aliphatic imine (C=N–C) groups is 1. The Labute approximate surface area is 241 Å². The fourth-order valence-corrected chi connectivity index (χ4v) is 5.30. The minimum Gasteiger partial charge on any atom is -0.493 e. The number of ether oxygens (including phenoxy) is 3. The van der Waals surface area contributed by atoms with Gasteiger partial charge in [-0.3, -0.25) is 14.5 Å². The Morgan fingerprint density at radius 2 is 1.71 bits per heavy atom. The second-order valence-corrected chi connectivity index (χ2v) is 10.1. The molecule has 1 saturated heterocycles. The van der Waals surface area contributed by atoms with Gasteiger partial charge in [-0.05, 0) is 79.6 Å². The Balaban J connectivity index is 1.47. The maximum absolute atomic E-state index is 13.5. The molecule has 214 valence electrons. The Hall–Kier alpha value is -4.38. The molecule has 1 aliphatic rings. The number of benzene rings is 3. The monoisotopic (exact) mass is 579 g/mol. The molecule has 4 rings (SSSR count). The first-order chi connectivity index (χ1) is 19.8. The molecule has 9 nitrogen and oxygen atoms in total. The van der Waals surface area contributed by atoms with Crippen LogP contribution in [0.25, 0.3) is 0 Å². The number of rotatable bonds is 11. The maximum atomic E-state index is 13.5. The molecule has 1 heterocycles. The molecule has 0 spiro atoms. The highest BCUT2D eigenvalue weighted by Gasteiger charge is 2.39. The lowest BCUT2D eigenvalue weighted by Gasteiger charge is -2.17. The van der Waals surface area contributed by atoms with E-state index in [0.717, 1.165) is 5.56 Å². The fraction of sp³-hybridized carbons (Fsp3) is 0.267. The second kappa shape index (κ2) is 13.8. The fourth-order valence-electron chi connectivity index (χ4n) is 4.12. The van der Waals surface area contributed by atoms with Crippen molar-refractivity contribution in [1.82, 2.24) is 4.90 Å². The lowest BCUT2D eigenvalue weighted by atomic mass is 10.1. The van der Waals surface area contributed by atoms with Gasteiger partial charge in [0.25, 0.3) is 0 Å². The molecule has 1 aliphatic heterocycles. The zero-order valence-corrected chi connectivity index (χ0v) is 23.7. The SMILES string of the molecule is CCOC(=O)c1ccc(NC(=O)C[C@H]2SC(=Nc3ccc(F)cc3)N(CCc3ccc(OC)c(OC)c3)C2=O)cc1. The van der Waals surface area contributed by atoms with Gasteiger partial charge in [0.15, 0.2) is 16.7 Å². The van der Waals surface area contributed by atoms with E-state index in [1.807, 2.05) is 12.1 Å². The number of halogens is 1. The molecule has 0 unspecified atom stereocenters. The first-order valence-electron chi connectivity index (χ1n) is 12.9. The molecule has 11 heteroatoms. The summed E-state index contributed by atoms with van der Waals surface area (Å²) in [6.07, 6.45) is 0.416. The number of nitrogens with zero attached hydrogens (tertiary/aromatic N) is 2. The van der Waals surface area contributed by atoms with E-state index in [1.165, 1.54) is 36.0 Å². The molecule has 0 bridgehead atoms. The quantitative estimate of drug-likeness (QED) is 0.310. The van der Waals surface area contributed by atoms with Crippen LogP contribution >= 0.6 is 11.8 Å². The minimum atomic E-state index is -0.696. The third-order valence-corrected chi connectivity index (χ3v) is 7.37. The Kier molecular flexibility index (Phi) is 9.96. The van der Waals surface area contributed by atoms with Crippen LogP contribution in [0.1, 0.15) is 29.3 Å². The predicted octanol–water partition coefficient (Wildman–Crippen LogP) is 5.22. The number of amides is 2. The van der Waals surface area contributed by atoms with Gasteiger partial charge in [-0.15, -0.1) is 0 Å². The summed E-state index contributed by atoms with van der Waals surface area (Å²) in [5.74, 6) is -0.258. The summed E-state index contributed by atoms with van der Waals surface area (Å²) in [7, 11) is 3.12. The van der Waals surface area contributed by atoms with Gasteiger partial charge in [0.1, 0.15) is 11.1 Å². The first kappa shape index (κ1) is 29.6. The highest BCUT2D eigenvalue weighted by molar-refractivity contribution is 8.15. The molecule has 1 N–H and O–H groups in total. The number of nitrogens with one attached hydrogen (secondary N) is 1. The van der Waals surface area contributed by atoms with Crippen LogP contribution in [0.3, 0.4) is 0 Å². The lowest BCUT2D eigenvalue weighted by molar-refractivity contribution is -0.128. The van der Waals surface area contributed by atoms with E-state index in [1.54, 1.807) is 56.4 Å². The van der Waals surface area contributed by atoms with Crippen molar-refractivity contribution in [1.29, 1.82) is 0 Å². The smallest absolute Gasteiger partial charge is 0.338 e. The van der Waals surface area contributed by atoms with Gasteiger partial charge in [0, 0.05) is 18.7 Å². The van der Waals surface area contributed by atoms with E-state index in [-0.39, 0.29) is 30.7 Å². The summed E-state index contributed by atoms with van der Waals surface area (Å²) < 4.78 is 29.1. The topological polar surface area (TPSA) is 107 Å². The van der Waals surface area contributed by atoms with E-state index in [2.05, 4.69) is 10.3 Å². The van der Waals surface area contributed by atoms with E-state index in [4.69, 9.17) is 14.2 Å². The van der Waals surface area contributed by atoms with Gasteiger partial charge in [-0.1, -0.05) is 17.8 Å². The van der Waals surface area contributed by atoms with Crippen molar-refractivity contribution >= 4 is 46.1 Å². The van der Waals surface area contributed by atoms with Gasteiger partial charge in [-0.25, -0.2) is 14.2 Å². The molecule has 0 saturated carbocycles. The normalized spacial score (nSPS) is 15.6. The van der Waals surface area contributed by atoms with Crippen molar-refractivity contribution in [3.63, 3.8) is 0 Å². The molecule has 1 atom stereocenters. The van der Waals surface area contributed by atoms with Gasteiger partial charge < -0.3 is 19.5 Å². The standard InChI is InChI=1S/C30H30FN3O6S/c1-4-40-29(37)20-6-10-22(11-7-20)32-27(35)18-26-28(36)34(30(41-26)33-23-12-8-21(31)9-13-23)16-15-19-5-14-24(38-2)25(17-19)39-3/h5-14,17,26H,4,15-16,18H2,1-3H3,(H,32,35)/t26-/m1/s1. The molecular weight excluding hydrogens is 549 g/mol. The van der Waals surface area contributed by atoms with E-state index in [9.17, 15) is 18.8 Å². The van der Waals surface area contributed by atoms with Crippen LogP contribution in [0.4, 0.5) is 15.8 Å². The largest absolute Gasteiger partial charge is 0.493 e. The summed E-state index contributed by atoms with van der Waals surface area (Å²) in [5.41, 5.74) is 2.28.